The second kappa shape index (κ2) is 6.78. The van der Waals surface area contributed by atoms with Gasteiger partial charge in [0.2, 0.25) is 17.8 Å². The molecular weight excluding hydrogens is 354 g/mol. The number of aromatic amines is 1. The summed E-state index contributed by atoms with van der Waals surface area (Å²) in [5.41, 5.74) is 6.68. The first-order valence-electron chi connectivity index (χ1n) is 8.54. The smallest absolute Gasteiger partial charge is 0.235 e. The molecule has 5 N–H and O–H groups in total. The Bertz CT molecular complexity index is 949. The van der Waals surface area contributed by atoms with Crippen LogP contribution in [-0.2, 0) is 0 Å². The molecule has 1 aromatic carbocycles. The topological polar surface area (TPSA) is 117 Å². The zero-order chi connectivity index (χ0) is 19.0. The van der Waals surface area contributed by atoms with E-state index < -0.39 is 17.7 Å². The van der Waals surface area contributed by atoms with Gasteiger partial charge >= 0.3 is 0 Å². The van der Waals surface area contributed by atoms with E-state index in [4.69, 9.17) is 5.73 Å². The molecule has 27 heavy (non-hydrogen) atoms. The molecule has 0 radical (unpaired) electrons. The number of nitrogen functional groups attached to an aromatic ring is 1. The molecule has 8 nitrogen and oxygen atoms in total. The highest BCUT2D eigenvalue weighted by molar-refractivity contribution is 5.52. The minimum Gasteiger partial charge on any atom is -0.368 e. The second-order valence-corrected chi connectivity index (χ2v) is 6.45. The summed E-state index contributed by atoms with van der Waals surface area (Å²) in [6.07, 6.45) is 2.30. The molecule has 2 heterocycles. The third kappa shape index (κ3) is 3.78. The summed E-state index contributed by atoms with van der Waals surface area (Å²) < 4.78 is 27.9. The monoisotopic (exact) mass is 372 g/mol. The molecule has 140 valence electrons. The van der Waals surface area contributed by atoms with Crippen LogP contribution in [0, 0.1) is 11.6 Å². The fourth-order valence-corrected chi connectivity index (χ4v) is 2.82. The highest BCUT2D eigenvalue weighted by atomic mass is 19.1. The average molecular weight is 372 g/mol. The second-order valence-electron chi connectivity index (χ2n) is 6.45. The van der Waals surface area contributed by atoms with E-state index in [2.05, 4.69) is 35.8 Å². The van der Waals surface area contributed by atoms with Gasteiger partial charge in [0.05, 0.1) is 6.04 Å². The van der Waals surface area contributed by atoms with Gasteiger partial charge < -0.3 is 16.4 Å². The molecule has 1 atom stereocenters. The van der Waals surface area contributed by atoms with Gasteiger partial charge in [-0.3, -0.25) is 5.10 Å². The van der Waals surface area contributed by atoms with Gasteiger partial charge in [-0.1, -0.05) is 6.07 Å². The van der Waals surface area contributed by atoms with Gasteiger partial charge in [-0.15, -0.1) is 0 Å². The third-order valence-electron chi connectivity index (χ3n) is 4.29. The number of nitrogens with two attached hydrogens (primary N) is 1. The van der Waals surface area contributed by atoms with E-state index in [0.29, 0.717) is 11.7 Å². The maximum Gasteiger partial charge on any atom is 0.235 e. The highest BCUT2D eigenvalue weighted by Crippen LogP contribution is 2.39. The molecule has 10 heteroatoms. The molecule has 0 bridgehead atoms. The van der Waals surface area contributed by atoms with E-state index >= 15 is 0 Å². The van der Waals surface area contributed by atoms with Crippen LogP contribution in [0.1, 0.15) is 43.0 Å². The summed E-state index contributed by atoms with van der Waals surface area (Å²) in [7, 11) is 0. The Balaban J connectivity index is 1.53. The normalized spacial score (nSPS) is 14.8. The summed E-state index contributed by atoms with van der Waals surface area (Å²) in [6, 6.07) is 4.87. The van der Waals surface area contributed by atoms with Crippen molar-refractivity contribution >= 4 is 23.7 Å². The van der Waals surface area contributed by atoms with Crippen LogP contribution in [0.15, 0.2) is 24.3 Å². The molecule has 2 aromatic heterocycles. The summed E-state index contributed by atoms with van der Waals surface area (Å²) in [5.74, 6) is 0.0261. The average Bonchev–Trinajstić information content (AvgIpc) is 3.34. The molecule has 1 saturated carbocycles. The Kier molecular flexibility index (Phi) is 4.30. The van der Waals surface area contributed by atoms with Crippen LogP contribution in [0.4, 0.5) is 32.4 Å². The fraction of sp³-hybridized carbons (Fsp3) is 0.294. The Hall–Kier alpha value is -3.30. The number of aromatic nitrogens is 5. The van der Waals surface area contributed by atoms with Crippen LogP contribution in [0.3, 0.4) is 0 Å². The van der Waals surface area contributed by atoms with E-state index in [1.54, 1.807) is 6.92 Å². The van der Waals surface area contributed by atoms with Crippen molar-refractivity contribution in [3.05, 3.63) is 47.2 Å². The lowest BCUT2D eigenvalue weighted by atomic mass is 10.1. The van der Waals surface area contributed by atoms with Gasteiger partial charge in [0.15, 0.2) is 5.82 Å². The lowest BCUT2D eigenvalue weighted by Gasteiger charge is -2.16. The summed E-state index contributed by atoms with van der Waals surface area (Å²) >= 11 is 0. The summed E-state index contributed by atoms with van der Waals surface area (Å²) in [4.78, 5) is 12.2. The first-order valence-corrected chi connectivity index (χ1v) is 8.54. The Labute approximate surface area is 153 Å². The Morgan fingerprint density at radius 3 is 2.56 bits per heavy atom. The SMILES string of the molecule is CC(Nc1nc(N)nc(Nc2cc(C3CC3)[nH]n2)n1)c1c(F)cccc1F. The molecule has 1 unspecified atom stereocenters. The van der Waals surface area contributed by atoms with Gasteiger partial charge in [-0.25, -0.2) is 8.78 Å². The molecule has 1 aliphatic rings. The number of nitrogens with zero attached hydrogens (tertiary/aromatic N) is 4. The molecule has 0 saturated heterocycles. The van der Waals surface area contributed by atoms with Crippen molar-refractivity contribution in [1.29, 1.82) is 0 Å². The van der Waals surface area contributed by atoms with Crippen molar-refractivity contribution in [3.63, 3.8) is 0 Å². The van der Waals surface area contributed by atoms with E-state index in [1.807, 2.05) is 6.07 Å². The van der Waals surface area contributed by atoms with Gasteiger partial charge in [-0.2, -0.15) is 20.1 Å². The van der Waals surface area contributed by atoms with E-state index in [-0.39, 0.29) is 23.4 Å². The van der Waals surface area contributed by atoms with Crippen molar-refractivity contribution < 1.29 is 8.78 Å². The zero-order valence-corrected chi connectivity index (χ0v) is 14.5. The predicted molar refractivity (Wildman–Crippen MR) is 96.5 cm³/mol. The van der Waals surface area contributed by atoms with Crippen LogP contribution in [0.5, 0.6) is 0 Å². The van der Waals surface area contributed by atoms with Gasteiger partial charge in [0.1, 0.15) is 11.6 Å². The van der Waals surface area contributed by atoms with Crippen LogP contribution in [-0.4, -0.2) is 25.1 Å². The molecule has 1 fully saturated rings. The molecule has 0 amide bonds. The number of halogens is 2. The van der Waals surface area contributed by atoms with Crippen LogP contribution >= 0.6 is 0 Å². The maximum absolute atomic E-state index is 13.9. The van der Waals surface area contributed by atoms with E-state index in [1.165, 1.54) is 18.2 Å². The largest absolute Gasteiger partial charge is 0.368 e. The Morgan fingerprint density at radius 1 is 1.15 bits per heavy atom. The summed E-state index contributed by atoms with van der Waals surface area (Å²) in [5, 5.41) is 12.9. The number of benzene rings is 1. The molecule has 3 aromatic rings. The molecular formula is C17H18F2N8. The minimum absolute atomic E-state index is 0.0332. The quantitative estimate of drug-likeness (QED) is 0.525. The zero-order valence-electron chi connectivity index (χ0n) is 14.5. The van der Waals surface area contributed by atoms with Gasteiger partial charge in [0, 0.05) is 23.2 Å². The number of rotatable bonds is 6. The third-order valence-corrected chi connectivity index (χ3v) is 4.29. The van der Waals surface area contributed by atoms with Crippen molar-refractivity contribution in [2.45, 2.75) is 31.7 Å². The maximum atomic E-state index is 13.9. The number of H-pyrrole nitrogens is 1. The first-order chi connectivity index (χ1) is 13.0. The number of nitrogens with one attached hydrogen (secondary N) is 3. The highest BCUT2D eigenvalue weighted by Gasteiger charge is 2.25. The van der Waals surface area contributed by atoms with Crippen molar-refractivity contribution in [2.75, 3.05) is 16.4 Å². The van der Waals surface area contributed by atoms with Gasteiger partial charge in [-0.05, 0) is 31.9 Å². The lowest BCUT2D eigenvalue weighted by molar-refractivity contribution is 0.543. The summed E-state index contributed by atoms with van der Waals surface area (Å²) in [6.45, 7) is 1.60. The predicted octanol–water partition coefficient (Wildman–Crippen LogP) is 3.25. The Morgan fingerprint density at radius 2 is 1.85 bits per heavy atom. The number of anilines is 4. The van der Waals surface area contributed by atoms with E-state index in [9.17, 15) is 8.78 Å². The van der Waals surface area contributed by atoms with Crippen molar-refractivity contribution in [3.8, 4) is 0 Å². The minimum atomic E-state index is -0.715. The van der Waals surface area contributed by atoms with E-state index in [0.717, 1.165) is 18.5 Å². The number of hydrogen-bond acceptors (Lipinski definition) is 7. The van der Waals surface area contributed by atoms with Gasteiger partial charge in [0.25, 0.3) is 0 Å². The van der Waals surface area contributed by atoms with Crippen molar-refractivity contribution in [2.24, 2.45) is 0 Å². The fourth-order valence-electron chi connectivity index (χ4n) is 2.82. The van der Waals surface area contributed by atoms with Crippen LogP contribution in [0.2, 0.25) is 0 Å². The molecule has 4 rings (SSSR count). The molecule has 0 spiro atoms. The number of hydrogen-bond donors (Lipinski definition) is 4. The molecule has 0 aliphatic heterocycles. The van der Waals surface area contributed by atoms with Crippen LogP contribution < -0.4 is 16.4 Å². The standard InChI is InChI=1S/C17H18F2N8/c1-8(14-10(18)3-2-4-11(14)19)21-16-23-15(20)24-17(25-16)22-13-7-12(26-27-13)9-5-6-9/h2-4,7-9H,5-6H2,1H3,(H5,20,21,22,23,24,25,26,27). The lowest BCUT2D eigenvalue weighted by Crippen LogP contribution is -2.15. The van der Waals surface area contributed by atoms with Crippen LogP contribution in [0.25, 0.3) is 0 Å². The first kappa shape index (κ1) is 17.1. The van der Waals surface area contributed by atoms with Crippen molar-refractivity contribution in [1.82, 2.24) is 25.1 Å². The molecule has 1 aliphatic carbocycles.